The summed E-state index contributed by atoms with van der Waals surface area (Å²) in [6, 6.07) is 8.31. The number of carbonyl (C=O) groups excluding carboxylic acids is 2. The van der Waals surface area contributed by atoms with E-state index in [1.165, 1.54) is 30.4 Å². The molecule has 0 saturated heterocycles. The van der Waals surface area contributed by atoms with Crippen LogP contribution in [-0.2, 0) is 38.8 Å². The Morgan fingerprint density at radius 2 is 1.96 bits per heavy atom. The first-order valence-corrected chi connectivity index (χ1v) is 11.3. The first-order valence-electron chi connectivity index (χ1n) is 8.58. The third kappa shape index (κ3) is 4.24. The lowest BCUT2D eigenvalue weighted by atomic mass is 10.0. The maximum absolute atomic E-state index is 12.4. The highest BCUT2D eigenvalue weighted by Gasteiger charge is 2.26. The van der Waals surface area contributed by atoms with Crippen molar-refractivity contribution in [2.24, 2.45) is 0 Å². The Balaban J connectivity index is 1.74. The molecular weight excluding hydrogens is 398 g/mol. The second kappa shape index (κ2) is 7.73. The van der Waals surface area contributed by atoms with Crippen molar-refractivity contribution in [3.05, 3.63) is 45.8 Å². The summed E-state index contributed by atoms with van der Waals surface area (Å²) in [6.45, 7) is 2.53. The molecule has 7 nitrogen and oxygen atoms in total. The molecule has 1 aromatic carbocycles. The van der Waals surface area contributed by atoms with Crippen molar-refractivity contribution in [2.75, 3.05) is 18.1 Å². The van der Waals surface area contributed by atoms with E-state index in [1.807, 2.05) is 0 Å². The van der Waals surface area contributed by atoms with Crippen LogP contribution in [0.25, 0.3) is 0 Å². The number of nitriles is 1. The van der Waals surface area contributed by atoms with E-state index in [0.717, 1.165) is 16.7 Å². The number of hydrogen-bond donors (Lipinski definition) is 1. The molecule has 0 saturated carbocycles. The number of carbonyl (C=O) groups is 2. The molecule has 0 radical (unpaired) electrons. The molecule has 1 aromatic heterocycles. The third-order valence-electron chi connectivity index (χ3n) is 4.58. The summed E-state index contributed by atoms with van der Waals surface area (Å²) in [7, 11) is -3.28. The molecule has 28 heavy (non-hydrogen) atoms. The Morgan fingerprint density at radius 3 is 2.54 bits per heavy atom. The molecule has 0 aliphatic carbocycles. The van der Waals surface area contributed by atoms with Gasteiger partial charge in [0.25, 0.3) is 0 Å². The van der Waals surface area contributed by atoms with Crippen molar-refractivity contribution < 1.29 is 18.0 Å². The van der Waals surface area contributed by atoms with Gasteiger partial charge in [0, 0.05) is 24.6 Å². The molecule has 9 heteroatoms. The number of nitrogens with zero attached hydrogens (tertiary/aromatic N) is 2. The van der Waals surface area contributed by atoms with Crippen LogP contribution in [0.15, 0.2) is 29.2 Å². The predicted molar refractivity (Wildman–Crippen MR) is 106 cm³/mol. The van der Waals surface area contributed by atoms with Gasteiger partial charge in [0.1, 0.15) is 11.1 Å². The second-order valence-electron chi connectivity index (χ2n) is 6.65. The minimum absolute atomic E-state index is 0.0133. The van der Waals surface area contributed by atoms with Gasteiger partial charge in [0.15, 0.2) is 9.84 Å². The molecule has 1 aliphatic heterocycles. The molecule has 2 amide bonds. The largest absolute Gasteiger partial charge is 0.337 e. The van der Waals surface area contributed by atoms with Crippen molar-refractivity contribution in [2.45, 2.75) is 31.2 Å². The van der Waals surface area contributed by atoms with Crippen LogP contribution in [-0.4, -0.2) is 37.9 Å². The van der Waals surface area contributed by atoms with Crippen LogP contribution < -0.4 is 5.32 Å². The maximum Gasteiger partial charge on any atom is 0.229 e. The summed E-state index contributed by atoms with van der Waals surface area (Å²) in [5.74, 6) is -0.300. The lowest BCUT2D eigenvalue weighted by molar-refractivity contribution is -0.129. The molecule has 2 aromatic rings. The van der Waals surface area contributed by atoms with Crippen LogP contribution in [0.3, 0.4) is 0 Å². The van der Waals surface area contributed by atoms with Gasteiger partial charge in [-0.05, 0) is 29.7 Å². The number of anilines is 1. The van der Waals surface area contributed by atoms with Crippen molar-refractivity contribution in [3.8, 4) is 6.07 Å². The van der Waals surface area contributed by atoms with Crippen molar-refractivity contribution in [1.29, 1.82) is 5.26 Å². The standard InChI is InChI=1S/C19H19N3O4S2/c1-12(23)22-8-7-15-16(10-20)19(27-17(15)11-22)21-18(24)9-13-3-5-14(6-4-13)28(2,25)26/h3-6H,7-9,11H2,1-2H3,(H,21,24). The van der Waals surface area contributed by atoms with Crippen molar-refractivity contribution >= 4 is 38.0 Å². The molecule has 1 aliphatic rings. The minimum Gasteiger partial charge on any atom is -0.337 e. The van der Waals surface area contributed by atoms with E-state index >= 15 is 0 Å². The fraction of sp³-hybridized carbons (Fsp3) is 0.316. The average molecular weight is 418 g/mol. The first-order chi connectivity index (χ1) is 13.2. The topological polar surface area (TPSA) is 107 Å². The maximum atomic E-state index is 12.4. The van der Waals surface area contributed by atoms with Gasteiger partial charge in [0.05, 0.1) is 23.4 Å². The number of thiophene rings is 1. The number of nitrogens with one attached hydrogen (secondary N) is 1. The first kappa shape index (κ1) is 20.0. The van der Waals surface area contributed by atoms with Gasteiger partial charge in [-0.15, -0.1) is 11.3 Å². The molecule has 1 N–H and O–H groups in total. The Labute approximate surface area is 167 Å². The molecule has 0 atom stereocenters. The zero-order valence-electron chi connectivity index (χ0n) is 15.5. The Kier molecular flexibility index (Phi) is 5.54. The SMILES string of the molecule is CC(=O)N1CCc2c(sc(NC(=O)Cc3ccc(S(C)(=O)=O)cc3)c2C#N)C1. The summed E-state index contributed by atoms with van der Waals surface area (Å²) in [5.41, 5.74) is 2.04. The summed E-state index contributed by atoms with van der Waals surface area (Å²) in [4.78, 5) is 26.9. The number of amides is 2. The summed E-state index contributed by atoms with van der Waals surface area (Å²) in [5, 5.41) is 12.8. The van der Waals surface area contributed by atoms with Crippen LogP contribution in [0, 0.1) is 11.3 Å². The van der Waals surface area contributed by atoms with Gasteiger partial charge < -0.3 is 10.2 Å². The molecular formula is C19H19N3O4S2. The lowest BCUT2D eigenvalue weighted by Gasteiger charge is -2.25. The highest BCUT2D eigenvalue weighted by molar-refractivity contribution is 7.90. The predicted octanol–water partition coefficient (Wildman–Crippen LogP) is 2.11. The molecule has 0 fully saturated rings. The second-order valence-corrected chi connectivity index (χ2v) is 9.77. The van der Waals surface area contributed by atoms with Gasteiger partial charge in [-0.1, -0.05) is 12.1 Å². The monoisotopic (exact) mass is 417 g/mol. The molecule has 3 rings (SSSR count). The summed E-state index contributed by atoms with van der Waals surface area (Å²) < 4.78 is 23.0. The minimum atomic E-state index is -3.28. The van der Waals surface area contributed by atoms with E-state index in [0.29, 0.717) is 35.6 Å². The fourth-order valence-electron chi connectivity index (χ4n) is 3.09. The van der Waals surface area contributed by atoms with E-state index < -0.39 is 9.84 Å². The van der Waals surface area contributed by atoms with Gasteiger partial charge in [-0.3, -0.25) is 9.59 Å². The number of benzene rings is 1. The number of fused-ring (bicyclic) bond motifs is 1. The quantitative estimate of drug-likeness (QED) is 0.820. The van der Waals surface area contributed by atoms with Crippen LogP contribution >= 0.6 is 11.3 Å². The van der Waals surface area contributed by atoms with Crippen LogP contribution in [0.4, 0.5) is 5.00 Å². The molecule has 0 spiro atoms. The zero-order valence-corrected chi connectivity index (χ0v) is 17.1. The molecule has 146 valence electrons. The van der Waals surface area contributed by atoms with E-state index in [-0.39, 0.29) is 23.1 Å². The average Bonchev–Trinajstić information content (AvgIpc) is 2.97. The number of rotatable bonds is 4. The Bertz CT molecular complexity index is 1080. The van der Waals surface area contributed by atoms with E-state index in [4.69, 9.17) is 0 Å². The molecule has 0 unspecified atom stereocenters. The Morgan fingerprint density at radius 1 is 1.29 bits per heavy atom. The fourth-order valence-corrected chi connectivity index (χ4v) is 4.95. The van der Waals surface area contributed by atoms with Gasteiger partial charge in [0.2, 0.25) is 11.8 Å². The zero-order chi connectivity index (χ0) is 20.5. The lowest BCUT2D eigenvalue weighted by Crippen LogP contribution is -2.33. The summed E-state index contributed by atoms with van der Waals surface area (Å²) in [6.07, 6.45) is 1.79. The highest BCUT2D eigenvalue weighted by atomic mass is 32.2. The Hall–Kier alpha value is -2.70. The number of hydrogen-bond acceptors (Lipinski definition) is 6. The van der Waals surface area contributed by atoms with Crippen LogP contribution in [0.2, 0.25) is 0 Å². The summed E-state index contributed by atoms with van der Waals surface area (Å²) >= 11 is 1.32. The normalized spacial score (nSPS) is 13.5. The molecule has 2 heterocycles. The smallest absolute Gasteiger partial charge is 0.229 e. The van der Waals surface area contributed by atoms with E-state index in [1.54, 1.807) is 17.0 Å². The van der Waals surface area contributed by atoms with Crippen LogP contribution in [0.5, 0.6) is 0 Å². The van der Waals surface area contributed by atoms with E-state index in [9.17, 15) is 23.3 Å². The highest BCUT2D eigenvalue weighted by Crippen LogP contribution is 2.36. The van der Waals surface area contributed by atoms with Crippen molar-refractivity contribution in [1.82, 2.24) is 4.90 Å². The third-order valence-corrected chi connectivity index (χ3v) is 6.84. The number of sulfone groups is 1. The van der Waals surface area contributed by atoms with Crippen molar-refractivity contribution in [3.63, 3.8) is 0 Å². The van der Waals surface area contributed by atoms with Gasteiger partial charge >= 0.3 is 0 Å². The molecule has 0 bridgehead atoms. The van der Waals surface area contributed by atoms with Gasteiger partial charge in [-0.25, -0.2) is 8.42 Å². The van der Waals surface area contributed by atoms with E-state index in [2.05, 4.69) is 11.4 Å². The van der Waals surface area contributed by atoms with Gasteiger partial charge in [-0.2, -0.15) is 5.26 Å². The van der Waals surface area contributed by atoms with Crippen LogP contribution in [0.1, 0.15) is 28.5 Å².